The lowest BCUT2D eigenvalue weighted by Gasteiger charge is -2.20. The predicted octanol–water partition coefficient (Wildman–Crippen LogP) is 2.11. The van der Waals surface area contributed by atoms with Crippen molar-refractivity contribution in [1.29, 1.82) is 0 Å². The average molecular weight is 422 g/mol. The van der Waals surface area contributed by atoms with Crippen molar-refractivity contribution in [3.05, 3.63) is 57.0 Å². The van der Waals surface area contributed by atoms with E-state index >= 15 is 0 Å². The van der Waals surface area contributed by atoms with Crippen LogP contribution in [0.3, 0.4) is 0 Å². The van der Waals surface area contributed by atoms with Crippen molar-refractivity contribution in [2.75, 3.05) is 11.4 Å². The first kappa shape index (κ1) is 20.8. The zero-order chi connectivity index (χ0) is 22.3. The van der Waals surface area contributed by atoms with Crippen LogP contribution in [0.25, 0.3) is 11.0 Å². The largest absolute Gasteiger partial charge is 0.352 e. The topological polar surface area (TPSA) is 100 Å². The minimum atomic E-state index is -0.408. The molecule has 162 valence electrons. The number of hydrogen-bond donors (Lipinski definition) is 2. The number of carbonyl (C=O) groups is 2. The summed E-state index contributed by atoms with van der Waals surface area (Å²) >= 11 is 0. The predicted molar refractivity (Wildman–Crippen MR) is 119 cm³/mol. The zero-order valence-corrected chi connectivity index (χ0v) is 18.3. The van der Waals surface area contributed by atoms with Gasteiger partial charge >= 0.3 is 0 Å². The van der Waals surface area contributed by atoms with Crippen LogP contribution in [0.5, 0.6) is 0 Å². The fraction of sp³-hybridized carbons (Fsp3) is 0.391. The van der Waals surface area contributed by atoms with Crippen LogP contribution in [0.4, 0.5) is 5.69 Å². The number of benzene rings is 1. The van der Waals surface area contributed by atoms with Crippen molar-refractivity contribution in [3.8, 4) is 0 Å². The highest BCUT2D eigenvalue weighted by Gasteiger charge is 2.35. The Morgan fingerprint density at radius 3 is 2.74 bits per heavy atom. The third kappa shape index (κ3) is 3.62. The van der Waals surface area contributed by atoms with E-state index in [0.717, 1.165) is 34.5 Å². The molecule has 1 aliphatic rings. The first-order chi connectivity index (χ1) is 14.8. The minimum absolute atomic E-state index is 0.0349. The summed E-state index contributed by atoms with van der Waals surface area (Å²) < 4.78 is 1.60. The third-order valence-corrected chi connectivity index (χ3v) is 6.17. The second-order valence-electron chi connectivity index (χ2n) is 8.10. The molecule has 2 amide bonds. The van der Waals surface area contributed by atoms with Gasteiger partial charge in [0.05, 0.1) is 11.3 Å². The Morgan fingerprint density at radius 1 is 1.26 bits per heavy atom. The Labute approximate surface area is 180 Å². The Morgan fingerprint density at radius 2 is 2.00 bits per heavy atom. The highest BCUT2D eigenvalue weighted by atomic mass is 16.2. The molecule has 4 rings (SSSR count). The van der Waals surface area contributed by atoms with E-state index in [1.54, 1.807) is 16.6 Å². The van der Waals surface area contributed by atoms with Gasteiger partial charge in [-0.1, -0.05) is 25.1 Å². The highest BCUT2D eigenvalue weighted by Crippen LogP contribution is 2.29. The van der Waals surface area contributed by atoms with Crippen molar-refractivity contribution in [2.45, 2.75) is 40.2 Å². The summed E-state index contributed by atoms with van der Waals surface area (Å²) in [6.07, 6.45) is 1.01. The molecule has 1 atom stereocenters. The van der Waals surface area contributed by atoms with Gasteiger partial charge in [-0.25, -0.2) is 4.98 Å². The van der Waals surface area contributed by atoms with Gasteiger partial charge in [0.1, 0.15) is 0 Å². The van der Waals surface area contributed by atoms with E-state index in [1.807, 2.05) is 38.1 Å². The van der Waals surface area contributed by atoms with E-state index in [-0.39, 0.29) is 30.3 Å². The number of fused-ring (bicyclic) bond motifs is 1. The number of H-pyrrole nitrogens is 1. The highest BCUT2D eigenvalue weighted by molar-refractivity contribution is 6.00. The lowest BCUT2D eigenvalue weighted by molar-refractivity contribution is -0.126. The summed E-state index contributed by atoms with van der Waals surface area (Å²) in [4.78, 5) is 44.0. The number of pyridine rings is 1. The van der Waals surface area contributed by atoms with Gasteiger partial charge < -0.3 is 10.2 Å². The van der Waals surface area contributed by atoms with Crippen molar-refractivity contribution in [2.24, 2.45) is 13.0 Å². The molecular weight excluding hydrogens is 394 g/mol. The number of aromatic nitrogens is 3. The number of nitrogens with one attached hydrogen (secondary N) is 2. The molecule has 1 aromatic carbocycles. The molecular formula is C23H27N5O3. The Hall–Kier alpha value is -3.42. The third-order valence-electron chi connectivity index (χ3n) is 6.17. The number of aromatic amines is 1. The Kier molecular flexibility index (Phi) is 5.39. The van der Waals surface area contributed by atoms with Gasteiger partial charge in [0.2, 0.25) is 11.8 Å². The lowest BCUT2D eigenvalue weighted by atomic mass is 10.0. The average Bonchev–Trinajstić information content (AvgIpc) is 3.26. The first-order valence-corrected chi connectivity index (χ1v) is 10.5. The second-order valence-corrected chi connectivity index (χ2v) is 8.10. The van der Waals surface area contributed by atoms with Crippen LogP contribution in [0, 0.1) is 19.8 Å². The number of para-hydroxylation sites is 1. The smallest absolute Gasteiger partial charge is 0.273 e. The maximum Gasteiger partial charge on any atom is 0.273 e. The number of nitrogens with zero attached hydrogens (tertiary/aromatic N) is 3. The molecule has 3 aromatic rings. The van der Waals surface area contributed by atoms with Crippen LogP contribution in [0.1, 0.15) is 35.7 Å². The van der Waals surface area contributed by atoms with E-state index in [4.69, 9.17) is 0 Å². The minimum Gasteiger partial charge on any atom is -0.352 e. The van der Waals surface area contributed by atoms with E-state index < -0.39 is 5.92 Å². The fourth-order valence-corrected chi connectivity index (χ4v) is 4.42. The number of anilines is 1. The van der Waals surface area contributed by atoms with Gasteiger partial charge in [-0.15, -0.1) is 0 Å². The zero-order valence-electron chi connectivity index (χ0n) is 18.3. The number of rotatable bonds is 5. The summed E-state index contributed by atoms with van der Waals surface area (Å²) in [5, 5.41) is 6.22. The maximum absolute atomic E-state index is 12.9. The van der Waals surface area contributed by atoms with Crippen LogP contribution in [0.2, 0.25) is 0 Å². The molecule has 0 bridgehead atoms. The molecule has 0 saturated carbocycles. The summed E-state index contributed by atoms with van der Waals surface area (Å²) in [5.41, 5.74) is 4.79. The quantitative estimate of drug-likeness (QED) is 0.659. The number of carbonyl (C=O) groups excluding carboxylic acids is 2. The molecule has 2 N–H and O–H groups in total. The van der Waals surface area contributed by atoms with Gasteiger partial charge in [0.15, 0.2) is 5.65 Å². The van der Waals surface area contributed by atoms with E-state index in [9.17, 15) is 14.4 Å². The standard InChI is InChI=1S/C23H27N5O3/c1-5-15-8-6-7-9-18(15)28-12-16(10-19(28)29)22(30)24-11-17-13(2)20-21(25-14(17)3)27(4)26-23(20)31/h6-9,16H,5,10-12H2,1-4H3,(H,24,30)(H,26,31). The van der Waals surface area contributed by atoms with Gasteiger partial charge in [0, 0.05) is 37.9 Å². The second kappa shape index (κ2) is 8.02. The van der Waals surface area contributed by atoms with Crippen molar-refractivity contribution < 1.29 is 9.59 Å². The molecule has 31 heavy (non-hydrogen) atoms. The number of aryl methyl sites for hydroxylation is 4. The Balaban J connectivity index is 1.51. The fourth-order valence-electron chi connectivity index (χ4n) is 4.42. The van der Waals surface area contributed by atoms with Crippen molar-refractivity contribution >= 4 is 28.5 Å². The van der Waals surface area contributed by atoms with E-state index in [2.05, 4.69) is 22.3 Å². The van der Waals surface area contributed by atoms with Crippen LogP contribution in [-0.4, -0.2) is 33.1 Å². The summed E-state index contributed by atoms with van der Waals surface area (Å²) in [5.74, 6) is -0.604. The first-order valence-electron chi connectivity index (χ1n) is 10.5. The summed E-state index contributed by atoms with van der Waals surface area (Å²) in [7, 11) is 1.75. The molecule has 8 nitrogen and oxygen atoms in total. The van der Waals surface area contributed by atoms with E-state index in [1.165, 1.54) is 0 Å². The van der Waals surface area contributed by atoms with Gasteiger partial charge in [-0.3, -0.25) is 24.2 Å². The number of hydrogen-bond acceptors (Lipinski definition) is 4. The van der Waals surface area contributed by atoms with Crippen LogP contribution >= 0.6 is 0 Å². The van der Waals surface area contributed by atoms with Crippen LogP contribution < -0.4 is 15.8 Å². The Bertz CT molecular complexity index is 1240. The van der Waals surface area contributed by atoms with E-state index in [0.29, 0.717) is 17.6 Å². The maximum atomic E-state index is 12.9. The van der Waals surface area contributed by atoms with Gasteiger partial charge in [-0.05, 0) is 43.0 Å². The van der Waals surface area contributed by atoms with Gasteiger partial charge in [0.25, 0.3) is 5.56 Å². The summed E-state index contributed by atoms with van der Waals surface area (Å²) in [6, 6.07) is 7.81. The normalized spacial score (nSPS) is 16.3. The molecule has 1 aliphatic heterocycles. The van der Waals surface area contributed by atoms with Crippen LogP contribution in [0.15, 0.2) is 29.1 Å². The summed E-state index contributed by atoms with van der Waals surface area (Å²) in [6.45, 7) is 6.43. The molecule has 1 unspecified atom stereocenters. The molecule has 0 aliphatic carbocycles. The van der Waals surface area contributed by atoms with Crippen molar-refractivity contribution in [1.82, 2.24) is 20.1 Å². The van der Waals surface area contributed by atoms with Crippen LogP contribution in [-0.2, 0) is 29.6 Å². The molecule has 8 heteroatoms. The molecule has 0 spiro atoms. The SMILES string of the molecule is CCc1ccccc1N1CC(C(=O)NCc2c(C)nc3c(c2C)c(=O)[nH]n3C)CC1=O. The van der Waals surface area contributed by atoms with Crippen molar-refractivity contribution in [3.63, 3.8) is 0 Å². The molecule has 2 aromatic heterocycles. The molecule has 1 saturated heterocycles. The van der Waals surface area contributed by atoms with Gasteiger partial charge in [-0.2, -0.15) is 0 Å². The lowest BCUT2D eigenvalue weighted by Crippen LogP contribution is -2.33. The molecule has 0 radical (unpaired) electrons. The molecule has 1 fully saturated rings. The monoisotopic (exact) mass is 421 g/mol. The molecule has 3 heterocycles. The number of amides is 2.